The first kappa shape index (κ1) is 21.6. The predicted octanol–water partition coefficient (Wildman–Crippen LogP) is 4.12. The lowest BCUT2D eigenvalue weighted by molar-refractivity contribution is -0.136. The summed E-state index contributed by atoms with van der Waals surface area (Å²) in [6, 6.07) is 8.95. The van der Waals surface area contributed by atoms with Crippen LogP contribution < -0.4 is 15.0 Å². The SMILES string of the molecule is CCOc1cc([C@H]2NC(=S)N(c3ccc(C)c(F)c3)C(C)=C2C(=O)OC)ccc1O. The molecule has 1 aliphatic rings. The molecule has 30 heavy (non-hydrogen) atoms. The number of benzene rings is 2. The lowest BCUT2D eigenvalue weighted by atomic mass is 9.94. The molecule has 6 nitrogen and oxygen atoms in total. The van der Waals surface area contributed by atoms with Gasteiger partial charge in [0.25, 0.3) is 0 Å². The van der Waals surface area contributed by atoms with Crippen LogP contribution in [0.15, 0.2) is 47.7 Å². The number of nitrogens with zero attached hydrogens (tertiary/aromatic N) is 1. The normalized spacial score (nSPS) is 16.4. The molecular formula is C22H23FN2O4S. The van der Waals surface area contributed by atoms with Crippen molar-refractivity contribution in [3.05, 3.63) is 64.6 Å². The molecule has 1 atom stereocenters. The molecule has 2 N–H and O–H groups in total. The number of allylic oxidation sites excluding steroid dienone is 1. The summed E-state index contributed by atoms with van der Waals surface area (Å²) in [6.45, 7) is 5.58. The molecule has 2 aromatic rings. The number of esters is 1. The van der Waals surface area contributed by atoms with Gasteiger partial charge in [0.15, 0.2) is 16.6 Å². The van der Waals surface area contributed by atoms with E-state index in [2.05, 4.69) is 5.32 Å². The highest BCUT2D eigenvalue weighted by atomic mass is 32.1. The third-order valence-electron chi connectivity index (χ3n) is 4.92. The van der Waals surface area contributed by atoms with Crippen LogP contribution in [0.3, 0.4) is 0 Å². The Hall–Kier alpha value is -3.13. The van der Waals surface area contributed by atoms with Crippen LogP contribution in [0.25, 0.3) is 0 Å². The van der Waals surface area contributed by atoms with E-state index >= 15 is 0 Å². The number of aromatic hydroxyl groups is 1. The number of carbonyl (C=O) groups is 1. The number of hydrogen-bond acceptors (Lipinski definition) is 5. The van der Waals surface area contributed by atoms with E-state index in [0.29, 0.717) is 45.6 Å². The Morgan fingerprint density at radius 1 is 1.27 bits per heavy atom. The molecular weight excluding hydrogens is 407 g/mol. The summed E-state index contributed by atoms with van der Waals surface area (Å²) in [6.07, 6.45) is 0. The Morgan fingerprint density at radius 3 is 2.63 bits per heavy atom. The molecule has 8 heteroatoms. The third kappa shape index (κ3) is 3.95. The first-order chi connectivity index (χ1) is 14.3. The van der Waals surface area contributed by atoms with Gasteiger partial charge in [0.2, 0.25) is 0 Å². The van der Waals surface area contributed by atoms with Gasteiger partial charge in [0, 0.05) is 5.70 Å². The molecule has 0 radical (unpaired) electrons. The molecule has 1 aliphatic heterocycles. The lowest BCUT2D eigenvalue weighted by Crippen LogP contribution is -2.48. The second kappa shape index (κ2) is 8.71. The van der Waals surface area contributed by atoms with Crippen LogP contribution in [-0.2, 0) is 9.53 Å². The summed E-state index contributed by atoms with van der Waals surface area (Å²) in [5.41, 5.74) is 2.50. The van der Waals surface area contributed by atoms with E-state index in [9.17, 15) is 14.3 Å². The van der Waals surface area contributed by atoms with Crippen LogP contribution in [0, 0.1) is 12.7 Å². The van der Waals surface area contributed by atoms with Gasteiger partial charge >= 0.3 is 5.97 Å². The van der Waals surface area contributed by atoms with E-state index in [1.165, 1.54) is 19.2 Å². The number of phenolic OH excluding ortho intramolecular Hbond substituents is 1. The number of ether oxygens (including phenoxy) is 2. The van der Waals surface area contributed by atoms with E-state index in [-0.39, 0.29) is 11.6 Å². The van der Waals surface area contributed by atoms with Gasteiger partial charge in [-0.05, 0) is 68.4 Å². The maximum Gasteiger partial charge on any atom is 0.337 e. The molecule has 0 unspecified atom stereocenters. The quantitative estimate of drug-likeness (QED) is 0.546. The van der Waals surface area contributed by atoms with Crippen molar-refractivity contribution < 1.29 is 23.8 Å². The van der Waals surface area contributed by atoms with Crippen molar-refractivity contribution in [2.75, 3.05) is 18.6 Å². The Morgan fingerprint density at radius 2 is 2.00 bits per heavy atom. The zero-order valence-electron chi connectivity index (χ0n) is 17.2. The van der Waals surface area contributed by atoms with Gasteiger partial charge in [0.1, 0.15) is 5.82 Å². The van der Waals surface area contributed by atoms with Gasteiger partial charge < -0.3 is 19.9 Å². The molecule has 0 bridgehead atoms. The highest BCUT2D eigenvalue weighted by molar-refractivity contribution is 7.80. The number of aryl methyl sites for hydroxylation is 1. The van der Waals surface area contributed by atoms with Crippen LogP contribution in [0.4, 0.5) is 10.1 Å². The Kier molecular flexibility index (Phi) is 6.26. The average Bonchev–Trinajstić information content (AvgIpc) is 2.71. The molecule has 0 aromatic heterocycles. The summed E-state index contributed by atoms with van der Waals surface area (Å²) in [7, 11) is 1.30. The fourth-order valence-electron chi connectivity index (χ4n) is 3.38. The third-order valence-corrected chi connectivity index (χ3v) is 5.22. The van der Waals surface area contributed by atoms with Crippen molar-refractivity contribution in [1.29, 1.82) is 0 Å². The molecule has 3 rings (SSSR count). The van der Waals surface area contributed by atoms with Gasteiger partial charge in [-0.1, -0.05) is 12.1 Å². The molecule has 0 spiro atoms. The largest absolute Gasteiger partial charge is 0.504 e. The molecule has 0 saturated carbocycles. The highest BCUT2D eigenvalue weighted by Crippen LogP contribution is 2.37. The van der Waals surface area contributed by atoms with Gasteiger partial charge in [-0.3, -0.25) is 4.90 Å². The van der Waals surface area contributed by atoms with Gasteiger partial charge in [-0.25, -0.2) is 9.18 Å². The first-order valence-electron chi connectivity index (χ1n) is 9.40. The average molecular weight is 431 g/mol. The summed E-state index contributed by atoms with van der Waals surface area (Å²) in [5, 5.41) is 13.5. The lowest BCUT2D eigenvalue weighted by Gasteiger charge is -2.37. The molecule has 2 aromatic carbocycles. The number of carbonyl (C=O) groups excluding carboxylic acids is 1. The van der Waals surface area contributed by atoms with Crippen LogP contribution in [0.1, 0.15) is 31.0 Å². The fraction of sp³-hybridized carbons (Fsp3) is 0.273. The second-order valence-corrected chi connectivity index (χ2v) is 7.19. The van der Waals surface area contributed by atoms with E-state index in [0.717, 1.165) is 0 Å². The van der Waals surface area contributed by atoms with Crippen molar-refractivity contribution >= 4 is 29.0 Å². The predicted molar refractivity (Wildman–Crippen MR) is 116 cm³/mol. The summed E-state index contributed by atoms with van der Waals surface area (Å²) < 4.78 is 24.6. The number of halogens is 1. The summed E-state index contributed by atoms with van der Waals surface area (Å²) in [4.78, 5) is 14.3. The van der Waals surface area contributed by atoms with Gasteiger partial charge in [0.05, 0.1) is 31.0 Å². The Balaban J connectivity index is 2.14. The van der Waals surface area contributed by atoms with E-state index in [1.807, 2.05) is 6.92 Å². The van der Waals surface area contributed by atoms with Gasteiger partial charge in [-0.2, -0.15) is 0 Å². The summed E-state index contributed by atoms with van der Waals surface area (Å²) in [5.74, 6) is -0.621. The van der Waals surface area contributed by atoms with Crippen LogP contribution in [0.5, 0.6) is 11.5 Å². The van der Waals surface area contributed by atoms with E-state index in [4.69, 9.17) is 21.7 Å². The van der Waals surface area contributed by atoms with Crippen molar-refractivity contribution in [1.82, 2.24) is 5.32 Å². The Labute approximate surface area is 179 Å². The fourth-order valence-corrected chi connectivity index (χ4v) is 3.74. The standard InChI is InChI=1S/C22H23FN2O4S/c1-5-29-18-10-14(7-9-17(18)26)20-19(21(27)28-4)13(3)25(22(30)24-20)15-8-6-12(2)16(23)11-15/h6-11,20,26H,5H2,1-4H3,(H,24,30)/t20-/m1/s1. The minimum Gasteiger partial charge on any atom is -0.504 e. The molecule has 0 amide bonds. The first-order valence-corrected chi connectivity index (χ1v) is 9.80. The second-order valence-electron chi connectivity index (χ2n) is 6.80. The van der Waals surface area contributed by atoms with E-state index < -0.39 is 12.0 Å². The number of phenols is 1. The monoisotopic (exact) mass is 430 g/mol. The highest BCUT2D eigenvalue weighted by Gasteiger charge is 2.35. The zero-order valence-corrected chi connectivity index (χ0v) is 18.0. The van der Waals surface area contributed by atoms with Crippen LogP contribution in [-0.4, -0.2) is 29.9 Å². The van der Waals surface area contributed by atoms with Crippen molar-refractivity contribution in [3.8, 4) is 11.5 Å². The number of thiocarbonyl (C=S) groups is 1. The number of nitrogens with one attached hydrogen (secondary N) is 1. The maximum absolute atomic E-state index is 14.2. The minimum absolute atomic E-state index is 0.00365. The van der Waals surface area contributed by atoms with Crippen LogP contribution >= 0.6 is 12.2 Å². The van der Waals surface area contributed by atoms with Crippen LogP contribution in [0.2, 0.25) is 0 Å². The van der Waals surface area contributed by atoms with Crippen molar-refractivity contribution in [3.63, 3.8) is 0 Å². The topological polar surface area (TPSA) is 71.0 Å². The van der Waals surface area contributed by atoms with E-state index in [1.54, 1.807) is 43.0 Å². The smallest absolute Gasteiger partial charge is 0.337 e. The number of anilines is 1. The molecule has 0 aliphatic carbocycles. The molecule has 1 heterocycles. The number of methoxy groups -OCH3 is 1. The zero-order chi connectivity index (χ0) is 22.0. The summed E-state index contributed by atoms with van der Waals surface area (Å²) >= 11 is 5.55. The van der Waals surface area contributed by atoms with Crippen molar-refractivity contribution in [2.24, 2.45) is 0 Å². The molecule has 0 fully saturated rings. The molecule has 0 saturated heterocycles. The number of hydrogen-bond donors (Lipinski definition) is 2. The maximum atomic E-state index is 14.2. The minimum atomic E-state index is -0.628. The molecule has 158 valence electrons. The van der Waals surface area contributed by atoms with Crippen molar-refractivity contribution in [2.45, 2.75) is 26.8 Å². The Bertz CT molecular complexity index is 1040. The van der Waals surface area contributed by atoms with Gasteiger partial charge in [-0.15, -0.1) is 0 Å². The number of rotatable bonds is 5.